The van der Waals surface area contributed by atoms with Gasteiger partial charge in [-0.1, -0.05) is 12.1 Å². The van der Waals surface area contributed by atoms with Gasteiger partial charge in [-0.25, -0.2) is 15.0 Å². The number of fused-ring (bicyclic) bond motifs is 1. The summed E-state index contributed by atoms with van der Waals surface area (Å²) in [6.07, 6.45) is 3.57. The Morgan fingerprint density at radius 1 is 1.07 bits per heavy atom. The molecule has 1 fully saturated rings. The van der Waals surface area contributed by atoms with Crippen LogP contribution in [0.4, 0.5) is 5.95 Å². The first kappa shape index (κ1) is 17.3. The van der Waals surface area contributed by atoms with E-state index in [0.29, 0.717) is 6.54 Å². The van der Waals surface area contributed by atoms with E-state index in [9.17, 15) is 0 Å². The average molecular weight is 364 g/mol. The molecule has 1 N–H and O–H groups in total. The number of piperazine rings is 1. The first-order chi connectivity index (χ1) is 13.3. The van der Waals surface area contributed by atoms with Gasteiger partial charge in [-0.05, 0) is 18.2 Å². The maximum Gasteiger partial charge on any atom is 0.225 e. The molecule has 1 saturated heterocycles. The fourth-order valence-corrected chi connectivity index (χ4v) is 3.42. The Morgan fingerprint density at radius 3 is 2.52 bits per heavy atom. The number of guanidine groups is 1. The molecule has 1 aliphatic heterocycles. The molecule has 1 aromatic carbocycles. The van der Waals surface area contributed by atoms with Gasteiger partial charge in [0, 0.05) is 52.7 Å². The van der Waals surface area contributed by atoms with Crippen LogP contribution in [-0.4, -0.2) is 63.6 Å². The molecule has 0 spiro atoms. The van der Waals surface area contributed by atoms with Gasteiger partial charge in [0.1, 0.15) is 5.82 Å². The second-order valence-corrected chi connectivity index (χ2v) is 6.50. The van der Waals surface area contributed by atoms with Crippen molar-refractivity contribution < 1.29 is 0 Å². The lowest BCUT2D eigenvalue weighted by molar-refractivity contribution is 0.369. The normalized spacial score (nSPS) is 15.4. The molecule has 140 valence electrons. The van der Waals surface area contributed by atoms with E-state index in [1.54, 1.807) is 12.4 Å². The molecule has 0 atom stereocenters. The van der Waals surface area contributed by atoms with E-state index in [0.717, 1.165) is 54.9 Å². The largest absolute Gasteiger partial charge is 0.349 e. The zero-order chi connectivity index (χ0) is 18.6. The summed E-state index contributed by atoms with van der Waals surface area (Å²) >= 11 is 0. The zero-order valence-electron chi connectivity index (χ0n) is 15.7. The molecule has 8 nitrogen and oxygen atoms in total. The maximum atomic E-state index is 4.72. The van der Waals surface area contributed by atoms with Crippen molar-refractivity contribution in [3.8, 4) is 0 Å². The average Bonchev–Trinajstić information content (AvgIpc) is 3.05. The van der Waals surface area contributed by atoms with Crippen molar-refractivity contribution in [2.45, 2.75) is 6.54 Å². The molecule has 2 aromatic heterocycles. The highest BCUT2D eigenvalue weighted by Crippen LogP contribution is 2.14. The van der Waals surface area contributed by atoms with Gasteiger partial charge in [-0.2, -0.15) is 0 Å². The van der Waals surface area contributed by atoms with E-state index in [1.807, 2.05) is 38.4 Å². The van der Waals surface area contributed by atoms with Crippen molar-refractivity contribution >= 4 is 22.9 Å². The minimum Gasteiger partial charge on any atom is -0.349 e. The van der Waals surface area contributed by atoms with Crippen LogP contribution in [0.15, 0.2) is 47.7 Å². The van der Waals surface area contributed by atoms with Gasteiger partial charge >= 0.3 is 0 Å². The number of rotatable bonds is 3. The van der Waals surface area contributed by atoms with E-state index in [1.165, 1.54) is 0 Å². The first-order valence-corrected chi connectivity index (χ1v) is 9.14. The van der Waals surface area contributed by atoms with Crippen molar-refractivity contribution in [2.24, 2.45) is 12.0 Å². The molecule has 3 heterocycles. The summed E-state index contributed by atoms with van der Waals surface area (Å²) in [7, 11) is 3.87. The van der Waals surface area contributed by atoms with E-state index in [4.69, 9.17) is 4.98 Å². The molecule has 0 amide bonds. The Hall–Kier alpha value is -3.16. The van der Waals surface area contributed by atoms with Crippen molar-refractivity contribution in [1.82, 2.24) is 29.7 Å². The Labute approximate surface area is 158 Å². The van der Waals surface area contributed by atoms with E-state index in [-0.39, 0.29) is 0 Å². The predicted molar refractivity (Wildman–Crippen MR) is 107 cm³/mol. The third kappa shape index (κ3) is 3.55. The molecule has 1 aliphatic rings. The third-order valence-corrected chi connectivity index (χ3v) is 4.91. The van der Waals surface area contributed by atoms with Gasteiger partial charge < -0.3 is 19.7 Å². The summed E-state index contributed by atoms with van der Waals surface area (Å²) < 4.78 is 2.13. The molecule has 0 unspecified atom stereocenters. The highest BCUT2D eigenvalue weighted by Gasteiger charge is 2.21. The summed E-state index contributed by atoms with van der Waals surface area (Å²) in [4.78, 5) is 22.3. The monoisotopic (exact) mass is 364 g/mol. The van der Waals surface area contributed by atoms with Gasteiger partial charge in [0.2, 0.25) is 5.95 Å². The molecule has 8 heteroatoms. The molecule has 0 saturated carbocycles. The standard InChI is InChI=1S/C19H24N8/c1-20-18(23-14-17-24-15-6-3-4-7-16(15)25(17)2)26-10-12-27(13-11-26)19-21-8-5-9-22-19/h3-9H,10-14H2,1-2H3,(H,20,23). The Kier molecular flexibility index (Phi) is 4.86. The molecule has 0 bridgehead atoms. The molecule has 3 aromatic rings. The molecule has 0 aliphatic carbocycles. The van der Waals surface area contributed by atoms with Crippen LogP contribution < -0.4 is 10.2 Å². The van der Waals surface area contributed by atoms with Crippen molar-refractivity contribution in [3.63, 3.8) is 0 Å². The lowest BCUT2D eigenvalue weighted by atomic mass is 10.3. The molecular weight excluding hydrogens is 340 g/mol. The predicted octanol–water partition coefficient (Wildman–Crippen LogP) is 1.26. The zero-order valence-corrected chi connectivity index (χ0v) is 15.7. The van der Waals surface area contributed by atoms with Crippen LogP contribution in [0, 0.1) is 0 Å². The van der Waals surface area contributed by atoms with Crippen LogP contribution in [0.2, 0.25) is 0 Å². The van der Waals surface area contributed by atoms with Gasteiger partial charge in [0.05, 0.1) is 17.6 Å². The van der Waals surface area contributed by atoms with Crippen LogP contribution in [0.3, 0.4) is 0 Å². The van der Waals surface area contributed by atoms with Crippen molar-refractivity contribution in [2.75, 3.05) is 38.1 Å². The molecule has 27 heavy (non-hydrogen) atoms. The number of benzene rings is 1. The number of para-hydroxylation sites is 2. The van der Waals surface area contributed by atoms with E-state index >= 15 is 0 Å². The van der Waals surface area contributed by atoms with Gasteiger partial charge in [0.25, 0.3) is 0 Å². The van der Waals surface area contributed by atoms with E-state index in [2.05, 4.69) is 40.7 Å². The van der Waals surface area contributed by atoms with Gasteiger partial charge in [0.15, 0.2) is 5.96 Å². The second kappa shape index (κ2) is 7.61. The number of nitrogens with one attached hydrogen (secondary N) is 1. The molecular formula is C19H24N8. The first-order valence-electron chi connectivity index (χ1n) is 9.14. The second-order valence-electron chi connectivity index (χ2n) is 6.50. The lowest BCUT2D eigenvalue weighted by Crippen LogP contribution is -2.52. The topological polar surface area (TPSA) is 74.5 Å². The van der Waals surface area contributed by atoms with Crippen LogP contribution in [0.1, 0.15) is 5.82 Å². The Morgan fingerprint density at radius 2 is 1.81 bits per heavy atom. The number of anilines is 1. The lowest BCUT2D eigenvalue weighted by Gasteiger charge is -2.36. The van der Waals surface area contributed by atoms with Gasteiger partial charge in [-0.15, -0.1) is 0 Å². The summed E-state index contributed by atoms with van der Waals surface area (Å²) in [5, 5.41) is 3.45. The van der Waals surface area contributed by atoms with Crippen molar-refractivity contribution in [1.29, 1.82) is 0 Å². The van der Waals surface area contributed by atoms with Crippen molar-refractivity contribution in [3.05, 3.63) is 48.5 Å². The van der Waals surface area contributed by atoms with Crippen LogP contribution in [0.25, 0.3) is 11.0 Å². The fraction of sp³-hybridized carbons (Fsp3) is 0.368. The van der Waals surface area contributed by atoms with Gasteiger partial charge in [-0.3, -0.25) is 4.99 Å². The highest BCUT2D eigenvalue weighted by molar-refractivity contribution is 5.80. The summed E-state index contributed by atoms with van der Waals surface area (Å²) in [5.41, 5.74) is 2.16. The van der Waals surface area contributed by atoms with Crippen LogP contribution in [-0.2, 0) is 13.6 Å². The Bertz CT molecular complexity index is 925. The van der Waals surface area contributed by atoms with Crippen LogP contribution >= 0.6 is 0 Å². The number of aryl methyl sites for hydroxylation is 1. The summed E-state index contributed by atoms with van der Waals surface area (Å²) in [5.74, 6) is 2.68. The smallest absolute Gasteiger partial charge is 0.225 e. The fourth-order valence-electron chi connectivity index (χ4n) is 3.42. The number of hydrogen-bond acceptors (Lipinski definition) is 5. The summed E-state index contributed by atoms with van der Waals surface area (Å²) in [6.45, 7) is 4.13. The molecule has 0 radical (unpaired) electrons. The number of hydrogen-bond donors (Lipinski definition) is 1. The Balaban J connectivity index is 1.38. The number of aliphatic imine (C=N–C) groups is 1. The highest BCUT2D eigenvalue weighted by atomic mass is 15.4. The quantitative estimate of drug-likeness (QED) is 0.557. The van der Waals surface area contributed by atoms with Crippen LogP contribution in [0.5, 0.6) is 0 Å². The third-order valence-electron chi connectivity index (χ3n) is 4.91. The minimum atomic E-state index is 0.639. The number of imidazole rings is 1. The van der Waals surface area contributed by atoms with E-state index < -0.39 is 0 Å². The number of aromatic nitrogens is 4. The maximum absolute atomic E-state index is 4.72. The minimum absolute atomic E-state index is 0.639. The number of nitrogens with zero attached hydrogens (tertiary/aromatic N) is 7. The molecule has 4 rings (SSSR count). The summed E-state index contributed by atoms with van der Waals surface area (Å²) in [6, 6.07) is 10.0. The SMILES string of the molecule is CN=C(NCc1nc2ccccc2n1C)N1CCN(c2ncccn2)CC1.